The second kappa shape index (κ2) is 4.84. The van der Waals surface area contributed by atoms with Crippen LogP contribution in [0.3, 0.4) is 0 Å². The van der Waals surface area contributed by atoms with E-state index in [4.69, 9.17) is 10.2 Å². The number of halogens is 1. The maximum atomic E-state index is 11.1. The summed E-state index contributed by atoms with van der Waals surface area (Å²) in [6.07, 6.45) is 0. The fourth-order valence-electron chi connectivity index (χ4n) is 1.68. The minimum absolute atomic E-state index is 0. The van der Waals surface area contributed by atoms with Gasteiger partial charge in [-0.25, -0.2) is 9.59 Å². The maximum absolute atomic E-state index is 11.1. The van der Waals surface area contributed by atoms with Gasteiger partial charge in [-0.3, -0.25) is 0 Å². The van der Waals surface area contributed by atoms with Gasteiger partial charge in [0.25, 0.3) is 0 Å². The van der Waals surface area contributed by atoms with E-state index in [1.165, 1.54) is 6.07 Å². The van der Waals surface area contributed by atoms with Crippen molar-refractivity contribution in [3.8, 4) is 0 Å². The molecule has 2 rings (SSSR count). The minimum Gasteiger partial charge on any atom is -0.478 e. The maximum Gasteiger partial charge on any atom is 0.337 e. The normalized spacial score (nSPS) is 9.65. The van der Waals surface area contributed by atoms with Gasteiger partial charge in [-0.1, -0.05) is 30.3 Å². The molecule has 88 valence electrons. The fourth-order valence-corrected chi connectivity index (χ4v) is 1.68. The number of fused-ring (bicyclic) bond motifs is 1. The van der Waals surface area contributed by atoms with Crippen molar-refractivity contribution in [3.05, 3.63) is 47.5 Å². The quantitative estimate of drug-likeness (QED) is 0.862. The summed E-state index contributed by atoms with van der Waals surface area (Å²) in [6, 6.07) is 9.72. The second-order valence-corrected chi connectivity index (χ2v) is 3.32. The first-order valence-corrected chi connectivity index (χ1v) is 4.59. The van der Waals surface area contributed by atoms with E-state index in [0.717, 1.165) is 0 Å². The van der Waals surface area contributed by atoms with Crippen molar-refractivity contribution in [3.63, 3.8) is 0 Å². The molecule has 0 bridgehead atoms. The largest absolute Gasteiger partial charge is 0.478 e. The van der Waals surface area contributed by atoms with E-state index < -0.39 is 11.9 Å². The highest BCUT2D eigenvalue weighted by atomic mass is 35.5. The van der Waals surface area contributed by atoms with Crippen LogP contribution in [0.4, 0.5) is 0 Å². The number of benzene rings is 2. The first kappa shape index (κ1) is 13.0. The van der Waals surface area contributed by atoms with Crippen molar-refractivity contribution in [2.24, 2.45) is 0 Å². The lowest BCUT2D eigenvalue weighted by molar-refractivity contribution is 0.0653. The Kier molecular flexibility index (Phi) is 3.70. The molecule has 2 N–H and O–H groups in total. The number of hydrogen-bond acceptors (Lipinski definition) is 2. The minimum atomic E-state index is -1.23. The van der Waals surface area contributed by atoms with E-state index in [0.29, 0.717) is 10.8 Å². The third kappa shape index (κ3) is 2.21. The Hall–Kier alpha value is -2.07. The van der Waals surface area contributed by atoms with Gasteiger partial charge in [-0.2, -0.15) is 0 Å². The van der Waals surface area contributed by atoms with Crippen molar-refractivity contribution in [2.45, 2.75) is 0 Å². The number of carboxylic acid groups (broad SMARTS) is 2. The molecule has 5 heteroatoms. The Balaban J connectivity index is 0.00000144. The van der Waals surface area contributed by atoms with Gasteiger partial charge in [0.1, 0.15) is 0 Å². The molecular weight excluding hydrogens is 244 g/mol. The van der Waals surface area contributed by atoms with Crippen molar-refractivity contribution in [1.29, 1.82) is 0 Å². The molecule has 0 saturated carbocycles. The summed E-state index contributed by atoms with van der Waals surface area (Å²) in [5.41, 5.74) is -0.350. The number of hydrogen-bond donors (Lipinski definition) is 2. The third-order valence-corrected chi connectivity index (χ3v) is 2.37. The molecule has 17 heavy (non-hydrogen) atoms. The molecule has 4 nitrogen and oxygen atoms in total. The Morgan fingerprint density at radius 3 is 2.12 bits per heavy atom. The molecule has 0 amide bonds. The predicted octanol–water partition coefficient (Wildman–Crippen LogP) is 2.66. The van der Waals surface area contributed by atoms with Gasteiger partial charge in [-0.05, 0) is 16.8 Å². The molecule has 0 saturated heterocycles. The average molecular weight is 253 g/mol. The van der Waals surface area contributed by atoms with Crippen LogP contribution in [0.1, 0.15) is 20.7 Å². The van der Waals surface area contributed by atoms with Crippen molar-refractivity contribution < 1.29 is 19.8 Å². The van der Waals surface area contributed by atoms with Gasteiger partial charge in [0.2, 0.25) is 0 Å². The third-order valence-electron chi connectivity index (χ3n) is 2.37. The summed E-state index contributed by atoms with van der Waals surface area (Å²) in [4.78, 5) is 22.0. The van der Waals surface area contributed by atoms with Crippen LogP contribution < -0.4 is 0 Å². The fraction of sp³-hybridized carbons (Fsp3) is 0. The van der Waals surface area contributed by atoms with Crippen LogP contribution in [0.15, 0.2) is 36.4 Å². The molecular formula is C12H9ClO4. The van der Waals surface area contributed by atoms with Crippen LogP contribution in [0, 0.1) is 0 Å². The zero-order chi connectivity index (χ0) is 11.7. The van der Waals surface area contributed by atoms with Crippen molar-refractivity contribution >= 4 is 35.1 Å². The molecule has 0 unspecified atom stereocenters. The second-order valence-electron chi connectivity index (χ2n) is 3.32. The number of carboxylic acids is 2. The summed E-state index contributed by atoms with van der Waals surface area (Å²) < 4.78 is 0. The van der Waals surface area contributed by atoms with E-state index in [2.05, 4.69) is 0 Å². The first-order chi connectivity index (χ1) is 7.61. The Bertz CT molecular complexity index is 592. The summed E-state index contributed by atoms with van der Waals surface area (Å²) in [5, 5.41) is 19.1. The van der Waals surface area contributed by atoms with Gasteiger partial charge < -0.3 is 10.2 Å². The Morgan fingerprint density at radius 2 is 1.53 bits per heavy atom. The SMILES string of the molecule is Cl.O=C(O)c1ccc2ccccc2c1C(=O)O. The lowest BCUT2D eigenvalue weighted by atomic mass is 9.99. The molecule has 0 fully saturated rings. The van der Waals surface area contributed by atoms with Crippen LogP contribution in [-0.4, -0.2) is 22.2 Å². The molecule has 0 spiro atoms. The van der Waals surface area contributed by atoms with Crippen LogP contribution >= 0.6 is 12.4 Å². The smallest absolute Gasteiger partial charge is 0.337 e. The molecule has 0 aliphatic carbocycles. The van der Waals surface area contributed by atoms with Gasteiger partial charge in [0.15, 0.2) is 0 Å². The molecule has 2 aromatic carbocycles. The van der Waals surface area contributed by atoms with E-state index in [9.17, 15) is 9.59 Å². The summed E-state index contributed by atoms with van der Waals surface area (Å²) in [7, 11) is 0. The Labute approximate surface area is 103 Å². The molecule has 0 heterocycles. The van der Waals surface area contributed by atoms with Gasteiger partial charge in [0, 0.05) is 0 Å². The molecule has 0 atom stereocenters. The molecule has 0 aliphatic rings. The number of aromatic carboxylic acids is 2. The highest BCUT2D eigenvalue weighted by molar-refractivity contribution is 6.11. The van der Waals surface area contributed by atoms with Crippen molar-refractivity contribution in [2.75, 3.05) is 0 Å². The first-order valence-electron chi connectivity index (χ1n) is 4.59. The molecule has 2 aromatic rings. The monoisotopic (exact) mass is 252 g/mol. The predicted molar refractivity (Wildman–Crippen MR) is 65.1 cm³/mol. The van der Waals surface area contributed by atoms with Gasteiger partial charge in [-0.15, -0.1) is 12.4 Å². The van der Waals surface area contributed by atoms with Crippen LogP contribution in [0.25, 0.3) is 10.8 Å². The van der Waals surface area contributed by atoms with Gasteiger partial charge in [0.05, 0.1) is 11.1 Å². The lowest BCUT2D eigenvalue weighted by Crippen LogP contribution is -2.08. The van der Waals surface area contributed by atoms with E-state index >= 15 is 0 Å². The summed E-state index contributed by atoms with van der Waals surface area (Å²) >= 11 is 0. The van der Waals surface area contributed by atoms with Crippen molar-refractivity contribution in [1.82, 2.24) is 0 Å². The molecule has 0 aliphatic heterocycles. The zero-order valence-corrected chi connectivity index (χ0v) is 9.40. The molecule has 0 radical (unpaired) electrons. The standard InChI is InChI=1S/C12H8O4.ClH/c13-11(14)9-6-5-7-3-1-2-4-8(7)10(9)12(15)16;/h1-6H,(H,13,14)(H,15,16);1H. The van der Waals surface area contributed by atoms with Crippen LogP contribution in [-0.2, 0) is 0 Å². The van der Waals surface area contributed by atoms with E-state index in [-0.39, 0.29) is 23.5 Å². The van der Waals surface area contributed by atoms with E-state index in [1.54, 1.807) is 30.3 Å². The highest BCUT2D eigenvalue weighted by Gasteiger charge is 2.18. The zero-order valence-electron chi connectivity index (χ0n) is 8.58. The highest BCUT2D eigenvalue weighted by Crippen LogP contribution is 2.22. The average Bonchev–Trinajstić information content (AvgIpc) is 2.27. The van der Waals surface area contributed by atoms with Crippen LogP contribution in [0.2, 0.25) is 0 Å². The van der Waals surface area contributed by atoms with Gasteiger partial charge >= 0.3 is 11.9 Å². The Morgan fingerprint density at radius 1 is 0.882 bits per heavy atom. The number of carbonyl (C=O) groups is 2. The van der Waals surface area contributed by atoms with Crippen LogP contribution in [0.5, 0.6) is 0 Å². The summed E-state index contributed by atoms with van der Waals surface area (Å²) in [6.45, 7) is 0. The number of rotatable bonds is 2. The topological polar surface area (TPSA) is 74.6 Å². The molecule has 0 aromatic heterocycles. The summed E-state index contributed by atoms with van der Waals surface area (Å²) in [5.74, 6) is -2.46. The van der Waals surface area contributed by atoms with E-state index in [1.807, 2.05) is 0 Å². The lowest BCUT2D eigenvalue weighted by Gasteiger charge is -2.05.